The van der Waals surface area contributed by atoms with E-state index >= 15 is 0 Å². The molecule has 2 heteroatoms. The lowest BCUT2D eigenvalue weighted by atomic mass is 9.72. The third kappa shape index (κ3) is 3.79. The maximum atomic E-state index is 2.47. The van der Waals surface area contributed by atoms with Crippen LogP contribution >= 0.6 is 0 Å². The molecule has 0 saturated carbocycles. The zero-order chi connectivity index (χ0) is 27.3. The Hall–Kier alpha value is -4.82. The van der Waals surface area contributed by atoms with Crippen LogP contribution in [0.1, 0.15) is 30.5 Å². The molecule has 0 spiro atoms. The van der Waals surface area contributed by atoms with Gasteiger partial charge in [-0.25, -0.2) is 0 Å². The van der Waals surface area contributed by atoms with Gasteiger partial charge in [-0.15, -0.1) is 0 Å². The molecular weight excluding hydrogens is 484 g/mol. The first-order valence-corrected chi connectivity index (χ1v) is 14.0. The Labute approximate surface area is 236 Å². The van der Waals surface area contributed by atoms with Crippen LogP contribution in [0.15, 0.2) is 140 Å². The van der Waals surface area contributed by atoms with Gasteiger partial charge in [0.15, 0.2) is 0 Å². The summed E-state index contributed by atoms with van der Waals surface area (Å²) in [6, 6.07) is 50.5. The Morgan fingerprint density at radius 2 is 1.10 bits per heavy atom. The van der Waals surface area contributed by atoms with E-state index < -0.39 is 0 Å². The highest BCUT2D eigenvalue weighted by molar-refractivity contribution is 6.10. The number of benzene rings is 6. The summed E-state index contributed by atoms with van der Waals surface area (Å²) >= 11 is 0. The summed E-state index contributed by atoms with van der Waals surface area (Å²) in [5.74, 6) is 0. The van der Waals surface area contributed by atoms with Gasteiger partial charge in [0.2, 0.25) is 0 Å². The van der Waals surface area contributed by atoms with Crippen LogP contribution in [0.25, 0.3) is 10.8 Å². The highest BCUT2D eigenvalue weighted by atomic mass is 15.2. The summed E-state index contributed by atoms with van der Waals surface area (Å²) in [6.45, 7) is 6.88. The third-order valence-electron chi connectivity index (χ3n) is 8.27. The molecule has 0 fully saturated rings. The summed E-state index contributed by atoms with van der Waals surface area (Å²) in [5, 5.41) is 2.47. The van der Waals surface area contributed by atoms with Crippen LogP contribution in [0, 0.1) is 6.92 Å². The molecule has 0 amide bonds. The second kappa shape index (κ2) is 9.43. The highest BCUT2D eigenvalue weighted by Crippen LogP contribution is 2.56. The van der Waals surface area contributed by atoms with Crippen LogP contribution in [0.3, 0.4) is 0 Å². The van der Waals surface area contributed by atoms with Gasteiger partial charge >= 0.3 is 0 Å². The molecule has 0 aliphatic carbocycles. The second-order valence-corrected chi connectivity index (χ2v) is 11.2. The van der Waals surface area contributed by atoms with Crippen LogP contribution in [0.4, 0.5) is 34.1 Å². The van der Waals surface area contributed by atoms with Gasteiger partial charge in [-0.1, -0.05) is 110 Å². The molecule has 0 unspecified atom stereocenters. The van der Waals surface area contributed by atoms with Crippen molar-refractivity contribution >= 4 is 44.9 Å². The fraction of sp³-hybridized carbons (Fsp3) is 0.105. The van der Waals surface area contributed by atoms with Crippen LogP contribution in [0.5, 0.6) is 0 Å². The molecule has 6 aromatic carbocycles. The summed E-state index contributed by atoms with van der Waals surface area (Å²) in [6.07, 6.45) is 0. The molecule has 1 aliphatic rings. The molecule has 1 heterocycles. The van der Waals surface area contributed by atoms with E-state index in [-0.39, 0.29) is 5.41 Å². The summed E-state index contributed by atoms with van der Waals surface area (Å²) in [5.41, 5.74) is 10.8. The van der Waals surface area contributed by atoms with Gasteiger partial charge < -0.3 is 9.80 Å². The number of aryl methyl sites for hydroxylation is 1. The molecule has 6 aromatic rings. The fourth-order valence-corrected chi connectivity index (χ4v) is 6.25. The lowest BCUT2D eigenvalue weighted by Crippen LogP contribution is -2.31. The number of hydrogen-bond acceptors (Lipinski definition) is 2. The zero-order valence-corrected chi connectivity index (χ0v) is 23.2. The average molecular weight is 517 g/mol. The van der Waals surface area contributed by atoms with Gasteiger partial charge in [-0.3, -0.25) is 0 Å². The second-order valence-electron chi connectivity index (χ2n) is 11.2. The Balaban J connectivity index is 1.59. The summed E-state index contributed by atoms with van der Waals surface area (Å²) < 4.78 is 0. The van der Waals surface area contributed by atoms with Gasteiger partial charge in [0.1, 0.15) is 0 Å². The van der Waals surface area contributed by atoms with E-state index in [0.717, 1.165) is 11.4 Å². The number of para-hydroxylation sites is 3. The number of nitrogens with zero attached hydrogens (tertiary/aromatic N) is 2. The number of hydrogen-bond donors (Lipinski definition) is 0. The molecule has 0 aromatic heterocycles. The molecule has 0 bridgehead atoms. The monoisotopic (exact) mass is 516 g/mol. The molecule has 40 heavy (non-hydrogen) atoms. The lowest BCUT2D eigenvalue weighted by molar-refractivity contribution is 0.633. The molecule has 7 rings (SSSR count). The van der Waals surface area contributed by atoms with Crippen LogP contribution in [0.2, 0.25) is 0 Å². The Kier molecular flexibility index (Phi) is 5.71. The molecular formula is C38H32N2. The zero-order valence-electron chi connectivity index (χ0n) is 23.2. The molecule has 0 radical (unpaired) electrons. The van der Waals surface area contributed by atoms with Crippen molar-refractivity contribution in [1.29, 1.82) is 0 Å². The maximum absolute atomic E-state index is 2.47. The minimum absolute atomic E-state index is 0.203. The van der Waals surface area contributed by atoms with Gasteiger partial charge in [0, 0.05) is 33.2 Å². The van der Waals surface area contributed by atoms with Crippen molar-refractivity contribution in [3.63, 3.8) is 0 Å². The molecule has 0 N–H and O–H groups in total. The van der Waals surface area contributed by atoms with Crippen molar-refractivity contribution < 1.29 is 0 Å². The third-order valence-corrected chi connectivity index (χ3v) is 8.27. The quantitative estimate of drug-likeness (QED) is 0.230. The summed E-state index contributed by atoms with van der Waals surface area (Å²) in [4.78, 5) is 4.87. The topological polar surface area (TPSA) is 6.48 Å². The SMILES string of the molecule is Cc1ccc(N2c3ccccc3C(C)(C)c3cc(N(c4ccccc4)c4ccccc4)c4ccccc4c32)cc1. The number of fused-ring (bicyclic) bond motifs is 4. The standard InChI is InChI=1S/C38H32N2/c1-27-22-24-30(25-23-27)40-35-21-13-12-20-33(35)38(2,3)34-26-36(31-18-10-11-19-32(31)37(34)40)39(28-14-6-4-7-15-28)29-16-8-5-9-17-29/h4-26H,1-3H3. The van der Waals surface area contributed by atoms with Crippen molar-refractivity contribution in [2.75, 3.05) is 9.80 Å². The highest BCUT2D eigenvalue weighted by Gasteiger charge is 2.39. The first-order valence-electron chi connectivity index (χ1n) is 14.0. The Morgan fingerprint density at radius 3 is 1.75 bits per heavy atom. The predicted octanol–water partition coefficient (Wildman–Crippen LogP) is 10.7. The number of anilines is 6. The van der Waals surface area contributed by atoms with E-state index in [9.17, 15) is 0 Å². The van der Waals surface area contributed by atoms with E-state index in [1.807, 2.05) is 0 Å². The normalized spacial score (nSPS) is 13.5. The van der Waals surface area contributed by atoms with Gasteiger partial charge in [-0.2, -0.15) is 0 Å². The maximum Gasteiger partial charge on any atom is 0.0582 e. The Bertz CT molecular complexity index is 1780. The van der Waals surface area contributed by atoms with Crippen molar-refractivity contribution in [3.8, 4) is 0 Å². The van der Waals surface area contributed by atoms with Crippen LogP contribution < -0.4 is 9.80 Å². The molecule has 1 aliphatic heterocycles. The first kappa shape index (κ1) is 24.2. The van der Waals surface area contributed by atoms with Crippen molar-refractivity contribution in [2.45, 2.75) is 26.2 Å². The minimum Gasteiger partial charge on any atom is -0.310 e. The van der Waals surface area contributed by atoms with E-state index in [2.05, 4.69) is 170 Å². The summed E-state index contributed by atoms with van der Waals surface area (Å²) in [7, 11) is 0. The smallest absolute Gasteiger partial charge is 0.0582 e. The Morgan fingerprint density at radius 1 is 0.550 bits per heavy atom. The minimum atomic E-state index is -0.203. The molecule has 194 valence electrons. The van der Waals surface area contributed by atoms with E-state index in [4.69, 9.17) is 0 Å². The largest absolute Gasteiger partial charge is 0.310 e. The lowest BCUT2D eigenvalue weighted by Gasteiger charge is -2.43. The predicted molar refractivity (Wildman–Crippen MR) is 170 cm³/mol. The van der Waals surface area contributed by atoms with Crippen molar-refractivity contribution in [3.05, 3.63) is 156 Å². The average Bonchev–Trinajstić information content (AvgIpc) is 3.00. The van der Waals surface area contributed by atoms with E-state index in [1.54, 1.807) is 0 Å². The van der Waals surface area contributed by atoms with Crippen molar-refractivity contribution in [2.24, 2.45) is 0 Å². The molecule has 2 nitrogen and oxygen atoms in total. The van der Waals surface area contributed by atoms with Crippen LogP contribution in [-0.2, 0) is 5.41 Å². The van der Waals surface area contributed by atoms with Gasteiger partial charge in [-0.05, 0) is 66.6 Å². The first-order chi connectivity index (χ1) is 19.5. The number of rotatable bonds is 4. The van der Waals surface area contributed by atoms with Gasteiger partial charge in [0.25, 0.3) is 0 Å². The van der Waals surface area contributed by atoms with Crippen molar-refractivity contribution in [1.82, 2.24) is 0 Å². The van der Waals surface area contributed by atoms with Gasteiger partial charge in [0.05, 0.1) is 17.1 Å². The fourth-order valence-electron chi connectivity index (χ4n) is 6.25. The van der Waals surface area contributed by atoms with E-state index in [1.165, 1.54) is 50.2 Å². The van der Waals surface area contributed by atoms with Crippen LogP contribution in [-0.4, -0.2) is 0 Å². The van der Waals surface area contributed by atoms with E-state index in [0.29, 0.717) is 0 Å². The molecule has 0 atom stereocenters. The molecule has 0 saturated heterocycles.